The molecular weight excluding hydrogens is 475 g/mol. The van der Waals surface area contributed by atoms with E-state index in [9.17, 15) is 14.0 Å². The number of nitrogens with one attached hydrogen (secondary N) is 1. The minimum absolute atomic E-state index is 0.0260. The molecule has 1 N–H and O–H groups in total. The van der Waals surface area contributed by atoms with Crippen molar-refractivity contribution in [2.24, 2.45) is 0 Å². The van der Waals surface area contributed by atoms with Crippen LogP contribution in [0.2, 0.25) is 0 Å². The number of piperazine rings is 1. The van der Waals surface area contributed by atoms with Gasteiger partial charge in [0.05, 0.1) is 18.3 Å². The molecule has 0 radical (unpaired) electrons. The Morgan fingerprint density at radius 1 is 1.00 bits per heavy atom. The highest BCUT2D eigenvalue weighted by Gasteiger charge is 2.23. The van der Waals surface area contributed by atoms with E-state index in [2.05, 4.69) is 31.1 Å². The smallest absolute Gasteiger partial charge is 0.254 e. The molecular formula is C24H22BrFN4O2. The van der Waals surface area contributed by atoms with Gasteiger partial charge in [-0.1, -0.05) is 34.1 Å². The topological polar surface area (TPSA) is 65.5 Å². The van der Waals surface area contributed by atoms with Gasteiger partial charge >= 0.3 is 0 Å². The van der Waals surface area contributed by atoms with Crippen LogP contribution in [0, 0.1) is 5.82 Å². The molecule has 1 saturated heterocycles. The van der Waals surface area contributed by atoms with Crippen LogP contribution in [-0.4, -0.2) is 47.9 Å². The van der Waals surface area contributed by atoms with Gasteiger partial charge in [0.1, 0.15) is 11.6 Å². The summed E-state index contributed by atoms with van der Waals surface area (Å²) in [7, 11) is 0. The van der Waals surface area contributed by atoms with Crippen molar-refractivity contribution in [2.45, 2.75) is 6.42 Å². The second kappa shape index (κ2) is 9.91. The Balaban J connectivity index is 1.29. The lowest BCUT2D eigenvalue weighted by atomic mass is 10.1. The molecule has 0 saturated carbocycles. The van der Waals surface area contributed by atoms with Gasteiger partial charge in [-0.2, -0.15) is 0 Å². The van der Waals surface area contributed by atoms with Crippen LogP contribution < -0.4 is 10.2 Å². The first-order chi connectivity index (χ1) is 15.5. The van der Waals surface area contributed by atoms with Crippen LogP contribution >= 0.6 is 15.9 Å². The molecule has 8 heteroatoms. The average Bonchev–Trinajstić information content (AvgIpc) is 2.81. The number of hydrogen-bond donors (Lipinski definition) is 1. The zero-order valence-electron chi connectivity index (χ0n) is 17.3. The van der Waals surface area contributed by atoms with Crippen molar-refractivity contribution in [3.8, 4) is 0 Å². The fourth-order valence-electron chi connectivity index (χ4n) is 3.58. The van der Waals surface area contributed by atoms with E-state index in [0.717, 1.165) is 15.9 Å². The number of hydrogen-bond acceptors (Lipinski definition) is 4. The van der Waals surface area contributed by atoms with Gasteiger partial charge in [-0.15, -0.1) is 0 Å². The van der Waals surface area contributed by atoms with Crippen molar-refractivity contribution < 1.29 is 14.0 Å². The van der Waals surface area contributed by atoms with Crippen LogP contribution in [-0.2, 0) is 11.2 Å². The summed E-state index contributed by atoms with van der Waals surface area (Å²) in [6.07, 6.45) is 1.78. The molecule has 32 heavy (non-hydrogen) atoms. The Labute approximate surface area is 194 Å². The first kappa shape index (κ1) is 22.0. The van der Waals surface area contributed by atoms with Gasteiger partial charge in [0.15, 0.2) is 0 Å². The molecule has 0 aliphatic carbocycles. The summed E-state index contributed by atoms with van der Waals surface area (Å²) < 4.78 is 13.9. The van der Waals surface area contributed by atoms with E-state index in [4.69, 9.17) is 0 Å². The van der Waals surface area contributed by atoms with Crippen LogP contribution in [0.15, 0.2) is 71.3 Å². The summed E-state index contributed by atoms with van der Waals surface area (Å²) in [6.45, 7) is 2.60. The minimum atomic E-state index is -0.327. The monoisotopic (exact) mass is 496 g/mol. The maximum Gasteiger partial charge on any atom is 0.254 e. The third-order valence-corrected chi connectivity index (χ3v) is 5.77. The Kier molecular flexibility index (Phi) is 6.80. The van der Waals surface area contributed by atoms with E-state index in [1.165, 1.54) is 12.1 Å². The highest BCUT2D eigenvalue weighted by molar-refractivity contribution is 9.10. The lowest BCUT2D eigenvalue weighted by Crippen LogP contribution is -2.49. The number of pyridine rings is 1. The Hall–Kier alpha value is -3.26. The molecule has 1 aromatic heterocycles. The van der Waals surface area contributed by atoms with Crippen LogP contribution in [0.5, 0.6) is 0 Å². The van der Waals surface area contributed by atoms with Gasteiger partial charge in [0.25, 0.3) is 5.91 Å². The molecule has 6 nitrogen and oxygen atoms in total. The Bertz CT molecular complexity index is 1100. The fourth-order valence-corrected chi connectivity index (χ4v) is 3.98. The summed E-state index contributed by atoms with van der Waals surface area (Å²) in [6, 6.07) is 16.9. The van der Waals surface area contributed by atoms with Crippen molar-refractivity contribution in [1.29, 1.82) is 0 Å². The van der Waals surface area contributed by atoms with Crippen molar-refractivity contribution in [3.63, 3.8) is 0 Å². The maximum atomic E-state index is 13.0. The van der Waals surface area contributed by atoms with Crippen LogP contribution in [0.25, 0.3) is 0 Å². The number of rotatable bonds is 5. The molecule has 1 aliphatic rings. The summed E-state index contributed by atoms with van der Waals surface area (Å²) >= 11 is 3.41. The number of aromatic nitrogens is 1. The number of carbonyl (C=O) groups excluding carboxylic acids is 2. The SMILES string of the molecule is O=C(Cc1ccc(F)cc1)Nc1ccc(N2CCN(C(=O)c3cccc(Br)c3)CC2)nc1. The molecule has 1 fully saturated rings. The van der Waals surface area contributed by atoms with Crippen LogP contribution in [0.4, 0.5) is 15.9 Å². The zero-order chi connectivity index (χ0) is 22.5. The normalized spacial score (nSPS) is 13.7. The molecule has 0 spiro atoms. The summed E-state index contributed by atoms with van der Waals surface area (Å²) in [5.74, 6) is 0.312. The number of carbonyl (C=O) groups is 2. The Morgan fingerprint density at radius 2 is 1.75 bits per heavy atom. The van der Waals surface area contributed by atoms with E-state index in [-0.39, 0.29) is 24.1 Å². The molecule has 0 bridgehead atoms. The predicted octanol–water partition coefficient (Wildman–Crippen LogP) is 4.13. The molecule has 0 unspecified atom stereocenters. The maximum absolute atomic E-state index is 13.0. The molecule has 0 atom stereocenters. The summed E-state index contributed by atoms with van der Waals surface area (Å²) in [5.41, 5.74) is 2.01. The quantitative estimate of drug-likeness (QED) is 0.576. The molecule has 1 aliphatic heterocycles. The average molecular weight is 497 g/mol. The van der Waals surface area contributed by atoms with E-state index in [0.29, 0.717) is 37.4 Å². The molecule has 2 amide bonds. The minimum Gasteiger partial charge on any atom is -0.353 e. The number of benzene rings is 2. The molecule has 2 heterocycles. The van der Waals surface area contributed by atoms with Gasteiger partial charge in [-0.3, -0.25) is 9.59 Å². The summed E-state index contributed by atoms with van der Waals surface area (Å²) in [5, 5.41) is 2.81. The van der Waals surface area contributed by atoms with Gasteiger partial charge in [-0.25, -0.2) is 9.37 Å². The largest absolute Gasteiger partial charge is 0.353 e. The van der Waals surface area contributed by atoms with Gasteiger partial charge in [0, 0.05) is 36.2 Å². The highest BCUT2D eigenvalue weighted by Crippen LogP contribution is 2.19. The Morgan fingerprint density at radius 3 is 2.41 bits per heavy atom. The first-order valence-electron chi connectivity index (χ1n) is 10.3. The second-order valence-electron chi connectivity index (χ2n) is 7.55. The second-order valence-corrected chi connectivity index (χ2v) is 8.46. The van der Waals surface area contributed by atoms with Crippen molar-refractivity contribution in [1.82, 2.24) is 9.88 Å². The van der Waals surface area contributed by atoms with Crippen LogP contribution in [0.3, 0.4) is 0 Å². The third-order valence-electron chi connectivity index (χ3n) is 5.27. The van der Waals surface area contributed by atoms with E-state index in [1.807, 2.05) is 41.3 Å². The molecule has 164 valence electrons. The number of nitrogens with zero attached hydrogens (tertiary/aromatic N) is 3. The first-order valence-corrected chi connectivity index (χ1v) is 11.1. The van der Waals surface area contributed by atoms with E-state index < -0.39 is 0 Å². The zero-order valence-corrected chi connectivity index (χ0v) is 18.9. The summed E-state index contributed by atoms with van der Waals surface area (Å²) in [4.78, 5) is 33.3. The van der Waals surface area contributed by atoms with Gasteiger partial charge in [0.2, 0.25) is 5.91 Å². The molecule has 2 aromatic carbocycles. The van der Waals surface area contributed by atoms with Gasteiger partial charge in [-0.05, 0) is 48.0 Å². The number of amides is 2. The van der Waals surface area contributed by atoms with E-state index >= 15 is 0 Å². The van der Waals surface area contributed by atoms with E-state index in [1.54, 1.807) is 18.3 Å². The van der Waals surface area contributed by atoms with Crippen molar-refractivity contribution >= 4 is 39.2 Å². The number of halogens is 2. The third kappa shape index (κ3) is 5.50. The molecule has 4 rings (SSSR count). The fraction of sp³-hybridized carbons (Fsp3) is 0.208. The predicted molar refractivity (Wildman–Crippen MR) is 125 cm³/mol. The van der Waals surface area contributed by atoms with Crippen molar-refractivity contribution in [3.05, 3.63) is 88.3 Å². The lowest BCUT2D eigenvalue weighted by molar-refractivity contribution is -0.115. The lowest BCUT2D eigenvalue weighted by Gasteiger charge is -2.35. The van der Waals surface area contributed by atoms with Gasteiger partial charge < -0.3 is 15.1 Å². The highest BCUT2D eigenvalue weighted by atomic mass is 79.9. The van der Waals surface area contributed by atoms with Crippen LogP contribution in [0.1, 0.15) is 15.9 Å². The number of anilines is 2. The molecule has 3 aromatic rings. The standard InChI is InChI=1S/C24H22BrFN4O2/c25-19-3-1-2-18(15-19)24(32)30-12-10-29(11-13-30)22-9-8-21(16-27-22)28-23(31)14-17-4-6-20(26)7-5-17/h1-9,15-16H,10-14H2,(H,28,31). The van der Waals surface area contributed by atoms with Crippen molar-refractivity contribution in [2.75, 3.05) is 36.4 Å².